The van der Waals surface area contributed by atoms with Crippen LogP contribution in [-0.2, 0) is 4.79 Å². The van der Waals surface area contributed by atoms with Crippen molar-refractivity contribution in [1.82, 2.24) is 10.6 Å². The number of carboxylic acid groups (broad SMARTS) is 1. The summed E-state index contributed by atoms with van der Waals surface area (Å²) in [4.78, 5) is 34.2. The second-order valence-corrected chi connectivity index (χ2v) is 4.67. The van der Waals surface area contributed by atoms with Crippen molar-refractivity contribution in [3.63, 3.8) is 0 Å². The van der Waals surface area contributed by atoms with E-state index in [1.165, 1.54) is 12.1 Å². The molecule has 0 bridgehead atoms. The molecule has 1 aliphatic carbocycles. The van der Waals surface area contributed by atoms with Gasteiger partial charge in [-0.3, -0.25) is 9.59 Å². The van der Waals surface area contributed by atoms with E-state index in [0.29, 0.717) is 6.54 Å². The quantitative estimate of drug-likeness (QED) is 0.664. The third-order valence-electron chi connectivity index (χ3n) is 3.06. The van der Waals surface area contributed by atoms with Crippen LogP contribution in [0.4, 0.5) is 0 Å². The lowest BCUT2D eigenvalue weighted by atomic mass is 10.1. The van der Waals surface area contributed by atoms with Crippen LogP contribution in [-0.4, -0.2) is 36.0 Å². The van der Waals surface area contributed by atoms with Crippen molar-refractivity contribution >= 4 is 17.8 Å². The van der Waals surface area contributed by atoms with Crippen molar-refractivity contribution in [3.8, 4) is 0 Å². The highest BCUT2D eigenvalue weighted by atomic mass is 16.4. The molecule has 2 rings (SSSR count). The standard InChI is InChI=1S/C14H16N2O4/c17-12(9-5-6-9)15-7-8-16-13(18)10-3-1-2-4-11(10)14(19)20/h1-4,9H,5-8H2,(H,15,17)(H,16,18)(H,19,20). The van der Waals surface area contributed by atoms with E-state index in [4.69, 9.17) is 5.11 Å². The van der Waals surface area contributed by atoms with Gasteiger partial charge in [-0.25, -0.2) is 4.79 Å². The molecule has 1 aromatic rings. The summed E-state index contributed by atoms with van der Waals surface area (Å²) in [6.45, 7) is 0.613. The van der Waals surface area contributed by atoms with Crippen LogP contribution in [0.5, 0.6) is 0 Å². The van der Waals surface area contributed by atoms with Crippen molar-refractivity contribution in [1.29, 1.82) is 0 Å². The van der Waals surface area contributed by atoms with Gasteiger partial charge in [0.2, 0.25) is 5.91 Å². The molecule has 1 aliphatic rings. The number of carboxylic acids is 1. The lowest BCUT2D eigenvalue weighted by molar-refractivity contribution is -0.122. The third-order valence-corrected chi connectivity index (χ3v) is 3.06. The number of hydrogen-bond donors (Lipinski definition) is 3. The number of rotatable bonds is 6. The Morgan fingerprint density at radius 1 is 1.05 bits per heavy atom. The Morgan fingerprint density at radius 2 is 1.65 bits per heavy atom. The zero-order chi connectivity index (χ0) is 14.5. The summed E-state index contributed by atoms with van der Waals surface area (Å²) in [5, 5.41) is 14.3. The first-order chi connectivity index (χ1) is 9.59. The van der Waals surface area contributed by atoms with Gasteiger partial charge in [0.05, 0.1) is 11.1 Å². The number of carbonyl (C=O) groups is 3. The van der Waals surface area contributed by atoms with Crippen molar-refractivity contribution in [2.24, 2.45) is 5.92 Å². The first-order valence-corrected chi connectivity index (χ1v) is 6.48. The fourth-order valence-electron chi connectivity index (χ4n) is 1.81. The van der Waals surface area contributed by atoms with Crippen LogP contribution in [0.25, 0.3) is 0 Å². The third kappa shape index (κ3) is 3.57. The van der Waals surface area contributed by atoms with Crippen molar-refractivity contribution < 1.29 is 19.5 Å². The maximum atomic E-state index is 11.9. The Hall–Kier alpha value is -2.37. The molecule has 20 heavy (non-hydrogen) atoms. The molecule has 1 saturated carbocycles. The van der Waals surface area contributed by atoms with E-state index < -0.39 is 11.9 Å². The minimum absolute atomic E-state index is 0.0187. The van der Waals surface area contributed by atoms with E-state index in [-0.39, 0.29) is 29.5 Å². The molecule has 0 unspecified atom stereocenters. The van der Waals surface area contributed by atoms with Crippen molar-refractivity contribution in [2.75, 3.05) is 13.1 Å². The summed E-state index contributed by atoms with van der Waals surface area (Å²) in [6.07, 6.45) is 1.87. The smallest absolute Gasteiger partial charge is 0.336 e. The zero-order valence-electron chi connectivity index (χ0n) is 10.9. The Kier molecular flexibility index (Phi) is 4.34. The van der Waals surface area contributed by atoms with E-state index in [2.05, 4.69) is 10.6 Å². The molecule has 2 amide bonds. The molecule has 0 heterocycles. The Bertz CT molecular complexity index is 538. The first kappa shape index (κ1) is 14.0. The molecule has 106 valence electrons. The summed E-state index contributed by atoms with van der Waals surface area (Å²) in [7, 11) is 0. The summed E-state index contributed by atoms with van der Waals surface area (Å²) in [6, 6.07) is 6.01. The normalized spacial score (nSPS) is 13.6. The highest BCUT2D eigenvalue weighted by molar-refractivity contribution is 6.04. The number of nitrogens with one attached hydrogen (secondary N) is 2. The maximum Gasteiger partial charge on any atom is 0.336 e. The summed E-state index contributed by atoms with van der Waals surface area (Å²) in [5.41, 5.74) is 0.0838. The van der Waals surface area contributed by atoms with Gasteiger partial charge >= 0.3 is 5.97 Å². The van der Waals surface area contributed by atoms with Crippen LogP contribution >= 0.6 is 0 Å². The Morgan fingerprint density at radius 3 is 2.25 bits per heavy atom. The van der Waals surface area contributed by atoms with Gasteiger partial charge in [0.15, 0.2) is 0 Å². The van der Waals surface area contributed by atoms with Gasteiger partial charge in [0.25, 0.3) is 5.91 Å². The van der Waals surface area contributed by atoms with Gasteiger partial charge in [-0.15, -0.1) is 0 Å². The largest absolute Gasteiger partial charge is 0.478 e. The highest BCUT2D eigenvalue weighted by Gasteiger charge is 2.29. The lowest BCUT2D eigenvalue weighted by Gasteiger charge is -2.08. The van der Waals surface area contributed by atoms with E-state index in [1.807, 2.05) is 0 Å². The average molecular weight is 276 g/mol. The van der Waals surface area contributed by atoms with Gasteiger partial charge in [-0.05, 0) is 25.0 Å². The fourth-order valence-corrected chi connectivity index (χ4v) is 1.81. The minimum Gasteiger partial charge on any atom is -0.478 e. The van der Waals surface area contributed by atoms with E-state index in [0.717, 1.165) is 12.8 Å². The molecule has 6 nitrogen and oxygen atoms in total. The SMILES string of the molecule is O=C(O)c1ccccc1C(=O)NCCNC(=O)C1CC1. The second kappa shape index (κ2) is 6.18. The summed E-state index contributed by atoms with van der Waals surface area (Å²) < 4.78 is 0. The fraction of sp³-hybridized carbons (Fsp3) is 0.357. The van der Waals surface area contributed by atoms with Gasteiger partial charge in [-0.2, -0.15) is 0 Å². The molecule has 0 aromatic heterocycles. The molecular weight excluding hydrogens is 260 g/mol. The summed E-state index contributed by atoms with van der Waals surface area (Å²) in [5.74, 6) is -1.44. The molecule has 0 saturated heterocycles. The predicted octanol–water partition coefficient (Wildman–Crippen LogP) is 0.641. The van der Waals surface area contributed by atoms with Crippen LogP contribution in [0, 0.1) is 5.92 Å². The zero-order valence-corrected chi connectivity index (χ0v) is 10.9. The van der Waals surface area contributed by atoms with Crippen LogP contribution in [0.1, 0.15) is 33.6 Å². The number of carbonyl (C=O) groups excluding carboxylic acids is 2. The van der Waals surface area contributed by atoms with Crippen LogP contribution in [0.2, 0.25) is 0 Å². The van der Waals surface area contributed by atoms with Gasteiger partial charge < -0.3 is 15.7 Å². The first-order valence-electron chi connectivity index (χ1n) is 6.48. The highest BCUT2D eigenvalue weighted by Crippen LogP contribution is 2.28. The van der Waals surface area contributed by atoms with Crippen molar-refractivity contribution in [3.05, 3.63) is 35.4 Å². The topological polar surface area (TPSA) is 95.5 Å². The van der Waals surface area contributed by atoms with Gasteiger partial charge in [0, 0.05) is 19.0 Å². The predicted molar refractivity (Wildman–Crippen MR) is 71.5 cm³/mol. The molecule has 6 heteroatoms. The Balaban J connectivity index is 1.82. The number of benzene rings is 1. The van der Waals surface area contributed by atoms with Crippen LogP contribution in [0.3, 0.4) is 0 Å². The molecular formula is C14H16N2O4. The van der Waals surface area contributed by atoms with E-state index in [9.17, 15) is 14.4 Å². The van der Waals surface area contributed by atoms with Gasteiger partial charge in [-0.1, -0.05) is 12.1 Å². The molecule has 1 fully saturated rings. The molecule has 3 N–H and O–H groups in total. The van der Waals surface area contributed by atoms with E-state index >= 15 is 0 Å². The lowest BCUT2D eigenvalue weighted by Crippen LogP contribution is -2.35. The Labute approximate surface area is 116 Å². The van der Waals surface area contributed by atoms with Crippen LogP contribution < -0.4 is 10.6 Å². The molecule has 0 aliphatic heterocycles. The van der Waals surface area contributed by atoms with Gasteiger partial charge in [0.1, 0.15) is 0 Å². The monoisotopic (exact) mass is 276 g/mol. The molecule has 0 atom stereocenters. The number of hydrogen-bond acceptors (Lipinski definition) is 3. The van der Waals surface area contributed by atoms with Crippen LogP contribution in [0.15, 0.2) is 24.3 Å². The average Bonchev–Trinajstić information content (AvgIpc) is 3.27. The maximum absolute atomic E-state index is 11.9. The summed E-state index contributed by atoms with van der Waals surface area (Å²) >= 11 is 0. The second-order valence-electron chi connectivity index (χ2n) is 4.67. The minimum atomic E-state index is -1.14. The number of aromatic carboxylic acids is 1. The molecule has 0 spiro atoms. The molecule has 1 aromatic carbocycles. The number of amides is 2. The van der Waals surface area contributed by atoms with E-state index in [1.54, 1.807) is 12.1 Å². The molecule has 0 radical (unpaired) electrons. The van der Waals surface area contributed by atoms with Crippen molar-refractivity contribution in [2.45, 2.75) is 12.8 Å².